The van der Waals surface area contributed by atoms with Gasteiger partial charge in [0.1, 0.15) is 5.82 Å². The number of hydrogen-bond donors (Lipinski definition) is 3. The van der Waals surface area contributed by atoms with Gasteiger partial charge in [-0.3, -0.25) is 4.79 Å². The Labute approximate surface area is 265 Å². The van der Waals surface area contributed by atoms with Gasteiger partial charge in [-0.15, -0.1) is 12.8 Å². The van der Waals surface area contributed by atoms with Gasteiger partial charge in [-0.1, -0.05) is 45.8 Å². The van der Waals surface area contributed by atoms with Crippen molar-refractivity contribution in [3.63, 3.8) is 0 Å². The molecule has 0 saturated carbocycles. The number of terminal acetylenes is 1. The summed E-state index contributed by atoms with van der Waals surface area (Å²) in [5.74, 6) is -0.330. The van der Waals surface area contributed by atoms with Crippen LogP contribution in [0.5, 0.6) is 0 Å². The number of rotatable bonds is 11. The topological polar surface area (TPSA) is 69.6 Å². The van der Waals surface area contributed by atoms with E-state index in [9.17, 15) is 14.3 Å². The van der Waals surface area contributed by atoms with Crippen molar-refractivity contribution in [3.05, 3.63) is 57.9 Å². The lowest BCUT2D eigenvalue weighted by Gasteiger charge is -2.32. The van der Waals surface area contributed by atoms with Gasteiger partial charge in [0.05, 0.1) is 12.0 Å². The van der Waals surface area contributed by atoms with Gasteiger partial charge in [-0.25, -0.2) is 4.39 Å². The highest BCUT2D eigenvalue weighted by atomic mass is 32.2. The van der Waals surface area contributed by atoms with Crippen LogP contribution in [0.4, 0.5) is 10.1 Å². The number of hydrogen-bond acceptors (Lipinski definition) is 4. The first kappa shape index (κ1) is 38.3. The first-order valence-electron chi connectivity index (χ1n) is 15.2. The lowest BCUT2D eigenvalue weighted by Crippen LogP contribution is -2.17. The third kappa shape index (κ3) is 12.0. The number of carboxylic acids is 1. The van der Waals surface area contributed by atoms with Crippen LogP contribution in [-0.4, -0.2) is 34.6 Å². The van der Waals surface area contributed by atoms with E-state index >= 15 is 0 Å². The van der Waals surface area contributed by atoms with E-state index in [1.54, 1.807) is 44.7 Å². The molecule has 6 heteroatoms. The third-order valence-corrected chi connectivity index (χ3v) is 8.07. The summed E-state index contributed by atoms with van der Waals surface area (Å²) in [5.41, 5.74) is 9.16. The normalized spacial score (nSPS) is 14.0. The van der Waals surface area contributed by atoms with Crippen LogP contribution < -0.4 is 5.32 Å². The number of nitrogens with one attached hydrogen (secondary N) is 1. The van der Waals surface area contributed by atoms with Gasteiger partial charge in [-0.2, -0.15) is 11.8 Å². The zero-order valence-corrected chi connectivity index (χ0v) is 28.7. The van der Waals surface area contributed by atoms with Gasteiger partial charge < -0.3 is 15.5 Å². The fourth-order valence-corrected chi connectivity index (χ4v) is 5.95. The van der Waals surface area contributed by atoms with Gasteiger partial charge in [0.15, 0.2) is 0 Å². The van der Waals surface area contributed by atoms with Crippen LogP contribution in [0.3, 0.4) is 0 Å². The molecule has 0 spiro atoms. The summed E-state index contributed by atoms with van der Waals surface area (Å²) in [6.45, 7) is 17.0. The second-order valence-electron chi connectivity index (χ2n) is 13.1. The Kier molecular flexibility index (Phi) is 15.6. The van der Waals surface area contributed by atoms with Crippen LogP contribution in [0.1, 0.15) is 108 Å². The first-order chi connectivity index (χ1) is 20.1. The maximum Gasteiger partial charge on any atom is 0.307 e. The van der Waals surface area contributed by atoms with Crippen LogP contribution in [0.25, 0.3) is 16.7 Å². The smallest absolute Gasteiger partial charge is 0.307 e. The number of aliphatic carboxylic acids is 1. The fourth-order valence-electron chi connectivity index (χ4n) is 5.40. The maximum absolute atomic E-state index is 14.3. The molecule has 0 amide bonds. The molecule has 2 aromatic rings. The minimum atomic E-state index is -0.815. The Bertz CT molecular complexity index is 1270. The molecule has 0 radical (unpaired) electrons. The number of allylic oxidation sites excluding steroid dienone is 2. The van der Waals surface area contributed by atoms with Crippen molar-refractivity contribution < 1.29 is 19.4 Å². The molecule has 0 heterocycles. The molecule has 0 fully saturated rings. The van der Waals surface area contributed by atoms with Gasteiger partial charge in [0.25, 0.3) is 0 Å². The molecule has 0 aromatic heterocycles. The number of anilines is 1. The molecular weight excluding hydrogens is 557 g/mol. The molecule has 0 bridgehead atoms. The predicted molar refractivity (Wildman–Crippen MR) is 185 cm³/mol. The lowest BCUT2D eigenvalue weighted by atomic mass is 9.74. The van der Waals surface area contributed by atoms with Gasteiger partial charge in [0.2, 0.25) is 0 Å². The molecule has 0 saturated heterocycles. The van der Waals surface area contributed by atoms with Gasteiger partial charge in [0, 0.05) is 23.5 Å². The second-order valence-corrected chi connectivity index (χ2v) is 13.9. The quantitative estimate of drug-likeness (QED) is 0.174. The van der Waals surface area contributed by atoms with Crippen molar-refractivity contribution in [3.8, 4) is 24.0 Å². The van der Waals surface area contributed by atoms with Crippen LogP contribution in [0.2, 0.25) is 0 Å². The summed E-state index contributed by atoms with van der Waals surface area (Å²) in [5, 5.41) is 22.1. The summed E-state index contributed by atoms with van der Waals surface area (Å²) < 4.78 is 14.3. The average molecular weight is 612 g/mol. The number of thioether (sulfide) groups is 1. The molecule has 43 heavy (non-hydrogen) atoms. The van der Waals surface area contributed by atoms with E-state index < -0.39 is 11.6 Å². The van der Waals surface area contributed by atoms with E-state index in [1.165, 1.54) is 5.57 Å². The Morgan fingerprint density at radius 1 is 1.12 bits per heavy atom. The molecule has 3 rings (SSSR count). The second kappa shape index (κ2) is 17.5. The molecular formula is C37H54FNO3S. The Morgan fingerprint density at radius 3 is 2.26 bits per heavy atom. The zero-order valence-electron chi connectivity index (χ0n) is 27.9. The first-order valence-corrected chi connectivity index (χ1v) is 16.6. The standard InChI is InChI=1S/C31H42FNO2S.C4H10O.C2H2/c1-7-8-9-16-33-30-20(2)26(18-27(34)35)28(22-12-14-31(4,5)15-13-22)21(3)29(30)25-11-10-24(32)17-23(25)19-36-6;1-4(2,3)5;1-2/h10-12,17,33H,7-9,13-16,18-19H2,1-6H3,(H,34,35);5H,1-3H3;1-2H. The molecule has 3 N–H and O–H groups in total. The van der Waals surface area contributed by atoms with Crippen LogP contribution in [-0.2, 0) is 17.0 Å². The summed E-state index contributed by atoms with van der Waals surface area (Å²) in [4.78, 5) is 12.0. The van der Waals surface area contributed by atoms with E-state index in [2.05, 4.69) is 58.9 Å². The van der Waals surface area contributed by atoms with Crippen molar-refractivity contribution in [1.82, 2.24) is 0 Å². The van der Waals surface area contributed by atoms with Crippen molar-refractivity contribution >= 4 is 29.0 Å². The highest BCUT2D eigenvalue weighted by Gasteiger charge is 2.28. The van der Waals surface area contributed by atoms with Crippen LogP contribution in [0.15, 0.2) is 24.3 Å². The number of aliphatic hydroxyl groups is 1. The van der Waals surface area contributed by atoms with E-state index in [0.717, 1.165) is 89.7 Å². The Hall–Kier alpha value is -2.75. The molecule has 0 unspecified atom stereocenters. The van der Waals surface area contributed by atoms with Crippen molar-refractivity contribution in [1.29, 1.82) is 0 Å². The summed E-state index contributed by atoms with van der Waals surface area (Å²) in [6.07, 6.45) is 18.7. The van der Waals surface area contributed by atoms with Gasteiger partial charge >= 0.3 is 5.97 Å². The van der Waals surface area contributed by atoms with Crippen molar-refractivity contribution in [2.75, 3.05) is 18.1 Å². The van der Waals surface area contributed by atoms with E-state index in [-0.39, 0.29) is 17.7 Å². The Balaban J connectivity index is 0.00000120. The molecule has 4 nitrogen and oxygen atoms in total. The fraction of sp³-hybridized carbons (Fsp3) is 0.541. The molecule has 1 aliphatic carbocycles. The number of halogens is 1. The summed E-state index contributed by atoms with van der Waals surface area (Å²) >= 11 is 1.68. The Morgan fingerprint density at radius 2 is 1.74 bits per heavy atom. The molecule has 1 aliphatic rings. The minimum absolute atomic E-state index is 0.00620. The highest BCUT2D eigenvalue weighted by Crippen LogP contribution is 2.46. The summed E-state index contributed by atoms with van der Waals surface area (Å²) in [6, 6.07) is 5.09. The largest absolute Gasteiger partial charge is 0.481 e. The lowest BCUT2D eigenvalue weighted by molar-refractivity contribution is -0.136. The summed E-state index contributed by atoms with van der Waals surface area (Å²) in [7, 11) is 0. The highest BCUT2D eigenvalue weighted by molar-refractivity contribution is 7.97. The van der Waals surface area contributed by atoms with Crippen LogP contribution >= 0.6 is 11.8 Å². The number of benzene rings is 2. The predicted octanol–water partition coefficient (Wildman–Crippen LogP) is 9.82. The molecule has 0 aliphatic heterocycles. The van der Waals surface area contributed by atoms with Crippen molar-refractivity contribution in [2.24, 2.45) is 5.41 Å². The third-order valence-electron chi connectivity index (χ3n) is 7.47. The average Bonchev–Trinajstić information content (AvgIpc) is 2.91. The number of carboxylic acid groups (broad SMARTS) is 1. The molecule has 0 atom stereocenters. The van der Waals surface area contributed by atoms with E-state index in [4.69, 9.17) is 5.11 Å². The zero-order chi connectivity index (χ0) is 33.0. The van der Waals surface area contributed by atoms with E-state index in [0.29, 0.717) is 5.75 Å². The number of carbonyl (C=O) groups is 1. The van der Waals surface area contributed by atoms with E-state index in [1.807, 2.05) is 12.3 Å². The van der Waals surface area contributed by atoms with Crippen LogP contribution in [0, 0.1) is 37.9 Å². The maximum atomic E-state index is 14.3. The number of unbranched alkanes of at least 4 members (excludes halogenated alkanes) is 2. The molecule has 238 valence electrons. The minimum Gasteiger partial charge on any atom is -0.481 e. The van der Waals surface area contributed by atoms with Crippen molar-refractivity contribution in [2.45, 2.75) is 112 Å². The molecule has 2 aromatic carbocycles. The SMILES string of the molecule is C#C.CC(C)(C)O.CCCCCNc1c(C)c(CC(=O)O)c(C2=CCC(C)(C)CC2)c(C)c1-c1ccc(F)cc1CSC. The van der Waals surface area contributed by atoms with Gasteiger partial charge in [-0.05, 0) is 123 Å². The monoisotopic (exact) mass is 611 g/mol.